The number of rotatable bonds is 6. The second kappa shape index (κ2) is 7.16. The zero-order valence-corrected chi connectivity index (χ0v) is 14.3. The summed E-state index contributed by atoms with van der Waals surface area (Å²) in [7, 11) is 3.28. The van der Waals surface area contributed by atoms with Gasteiger partial charge in [-0.2, -0.15) is 0 Å². The quantitative estimate of drug-likeness (QED) is 0.852. The number of hydrogen-bond donors (Lipinski definition) is 1. The van der Waals surface area contributed by atoms with Crippen LogP contribution in [0.2, 0.25) is 5.02 Å². The molecule has 0 aliphatic heterocycles. The number of nitrogens with one attached hydrogen (secondary N) is 1. The van der Waals surface area contributed by atoms with Crippen molar-refractivity contribution in [1.82, 2.24) is 5.32 Å². The molecule has 0 saturated carbocycles. The van der Waals surface area contributed by atoms with E-state index in [4.69, 9.17) is 21.1 Å². The summed E-state index contributed by atoms with van der Waals surface area (Å²) in [5.74, 6) is 1.45. The second-order valence-electron chi connectivity index (χ2n) is 4.70. The number of halogens is 1. The Hall–Kier alpha value is -1.23. The SMILES string of the molecule is CCNC(c1ccc(OC)c(OC)c1)c1scc(C)c1Cl. The molecule has 2 aromatic rings. The maximum atomic E-state index is 6.44. The number of hydrogen-bond acceptors (Lipinski definition) is 4. The Balaban J connectivity index is 2.45. The monoisotopic (exact) mass is 325 g/mol. The van der Waals surface area contributed by atoms with E-state index in [0.717, 1.165) is 39.1 Å². The predicted octanol–water partition coefficient (Wildman–Crippen LogP) is 4.43. The van der Waals surface area contributed by atoms with E-state index in [0.29, 0.717) is 0 Å². The lowest BCUT2D eigenvalue weighted by Gasteiger charge is -2.19. The van der Waals surface area contributed by atoms with Crippen molar-refractivity contribution in [2.75, 3.05) is 20.8 Å². The molecule has 1 atom stereocenters. The van der Waals surface area contributed by atoms with Gasteiger partial charge in [0.25, 0.3) is 0 Å². The molecule has 1 unspecified atom stereocenters. The zero-order chi connectivity index (χ0) is 15.4. The Morgan fingerprint density at radius 3 is 2.48 bits per heavy atom. The Morgan fingerprint density at radius 1 is 1.24 bits per heavy atom. The van der Waals surface area contributed by atoms with Crippen molar-refractivity contribution in [2.45, 2.75) is 19.9 Å². The molecule has 2 rings (SSSR count). The van der Waals surface area contributed by atoms with Crippen molar-refractivity contribution in [3.05, 3.63) is 44.6 Å². The summed E-state index contributed by atoms with van der Waals surface area (Å²) in [6, 6.07) is 6.02. The summed E-state index contributed by atoms with van der Waals surface area (Å²) in [5.41, 5.74) is 2.22. The van der Waals surface area contributed by atoms with Crippen LogP contribution in [0.4, 0.5) is 0 Å². The third-order valence-corrected chi connectivity index (χ3v) is 5.12. The largest absolute Gasteiger partial charge is 0.493 e. The number of thiophene rings is 1. The molecule has 0 aliphatic carbocycles. The minimum absolute atomic E-state index is 0.0565. The van der Waals surface area contributed by atoms with Crippen LogP contribution in [-0.2, 0) is 0 Å². The molecule has 0 radical (unpaired) electrons. The molecule has 3 nitrogen and oxygen atoms in total. The van der Waals surface area contributed by atoms with E-state index in [1.54, 1.807) is 25.6 Å². The molecular weight excluding hydrogens is 306 g/mol. The topological polar surface area (TPSA) is 30.5 Å². The molecule has 1 N–H and O–H groups in total. The molecule has 0 amide bonds. The fourth-order valence-corrected chi connectivity index (χ4v) is 3.65. The van der Waals surface area contributed by atoms with Gasteiger partial charge in [0.2, 0.25) is 0 Å². The summed E-state index contributed by atoms with van der Waals surface area (Å²) >= 11 is 8.11. The van der Waals surface area contributed by atoms with Crippen LogP contribution in [0.25, 0.3) is 0 Å². The van der Waals surface area contributed by atoms with E-state index < -0.39 is 0 Å². The molecule has 1 heterocycles. The minimum atomic E-state index is 0.0565. The first-order valence-electron chi connectivity index (χ1n) is 6.81. The zero-order valence-electron chi connectivity index (χ0n) is 12.7. The van der Waals surface area contributed by atoms with Gasteiger partial charge in [-0.05, 0) is 42.1 Å². The summed E-state index contributed by atoms with van der Waals surface area (Å²) in [6.07, 6.45) is 0. The van der Waals surface area contributed by atoms with Crippen LogP contribution < -0.4 is 14.8 Å². The number of aryl methyl sites for hydroxylation is 1. The first kappa shape index (κ1) is 16.1. The highest BCUT2D eigenvalue weighted by Gasteiger charge is 2.20. The van der Waals surface area contributed by atoms with Gasteiger partial charge in [0.15, 0.2) is 11.5 Å². The Kier molecular flexibility index (Phi) is 5.51. The van der Waals surface area contributed by atoms with Gasteiger partial charge in [-0.25, -0.2) is 0 Å². The smallest absolute Gasteiger partial charge is 0.161 e. The number of methoxy groups -OCH3 is 2. The number of ether oxygens (including phenoxy) is 2. The fourth-order valence-electron chi connectivity index (χ4n) is 2.24. The third kappa shape index (κ3) is 3.34. The molecule has 0 aliphatic rings. The molecule has 1 aromatic carbocycles. The second-order valence-corrected chi connectivity index (χ2v) is 5.99. The number of benzene rings is 1. The van der Waals surface area contributed by atoms with Crippen molar-refractivity contribution < 1.29 is 9.47 Å². The van der Waals surface area contributed by atoms with Crippen LogP contribution in [-0.4, -0.2) is 20.8 Å². The normalized spacial score (nSPS) is 12.2. The van der Waals surface area contributed by atoms with E-state index in [9.17, 15) is 0 Å². The molecule has 0 fully saturated rings. The van der Waals surface area contributed by atoms with Crippen LogP contribution in [0.5, 0.6) is 11.5 Å². The van der Waals surface area contributed by atoms with Gasteiger partial charge < -0.3 is 14.8 Å². The Labute approximate surface area is 134 Å². The van der Waals surface area contributed by atoms with Gasteiger partial charge >= 0.3 is 0 Å². The molecule has 21 heavy (non-hydrogen) atoms. The lowest BCUT2D eigenvalue weighted by molar-refractivity contribution is 0.354. The van der Waals surface area contributed by atoms with E-state index in [2.05, 4.69) is 17.6 Å². The van der Waals surface area contributed by atoms with Crippen molar-refractivity contribution >= 4 is 22.9 Å². The van der Waals surface area contributed by atoms with Gasteiger partial charge in [0.1, 0.15) is 0 Å². The summed E-state index contributed by atoms with van der Waals surface area (Å²) in [6.45, 7) is 4.97. The maximum absolute atomic E-state index is 6.44. The van der Waals surface area contributed by atoms with Crippen molar-refractivity contribution in [2.24, 2.45) is 0 Å². The summed E-state index contributed by atoms with van der Waals surface area (Å²) in [4.78, 5) is 1.13. The molecule has 0 spiro atoms. The van der Waals surface area contributed by atoms with Crippen LogP contribution >= 0.6 is 22.9 Å². The van der Waals surface area contributed by atoms with Crippen LogP contribution in [0.15, 0.2) is 23.6 Å². The van der Waals surface area contributed by atoms with E-state index in [-0.39, 0.29) is 6.04 Å². The standard InChI is InChI=1S/C16H20ClNO2S/c1-5-18-15(16-14(17)10(2)9-21-16)11-6-7-12(19-3)13(8-11)20-4/h6-9,15,18H,5H2,1-4H3. The molecule has 0 saturated heterocycles. The molecule has 0 bridgehead atoms. The average molecular weight is 326 g/mol. The van der Waals surface area contributed by atoms with Crippen LogP contribution in [0, 0.1) is 6.92 Å². The Morgan fingerprint density at radius 2 is 1.95 bits per heavy atom. The lowest BCUT2D eigenvalue weighted by atomic mass is 10.0. The highest BCUT2D eigenvalue weighted by molar-refractivity contribution is 7.10. The van der Waals surface area contributed by atoms with E-state index in [1.807, 2.05) is 25.1 Å². The van der Waals surface area contributed by atoms with Crippen LogP contribution in [0.1, 0.15) is 29.0 Å². The minimum Gasteiger partial charge on any atom is -0.493 e. The summed E-state index contributed by atoms with van der Waals surface area (Å²) < 4.78 is 10.7. The van der Waals surface area contributed by atoms with Gasteiger partial charge in [-0.15, -0.1) is 11.3 Å². The lowest BCUT2D eigenvalue weighted by Crippen LogP contribution is -2.21. The predicted molar refractivity (Wildman–Crippen MR) is 89.1 cm³/mol. The highest BCUT2D eigenvalue weighted by atomic mass is 35.5. The molecule has 114 valence electrons. The van der Waals surface area contributed by atoms with E-state index >= 15 is 0 Å². The molecular formula is C16H20ClNO2S. The first-order chi connectivity index (χ1) is 10.1. The van der Waals surface area contributed by atoms with Crippen molar-refractivity contribution in [1.29, 1.82) is 0 Å². The fraction of sp³-hybridized carbons (Fsp3) is 0.375. The highest BCUT2D eigenvalue weighted by Crippen LogP contribution is 2.38. The summed E-state index contributed by atoms with van der Waals surface area (Å²) in [5, 5.41) is 6.41. The molecule has 5 heteroatoms. The Bertz CT molecular complexity index is 612. The maximum Gasteiger partial charge on any atom is 0.161 e. The third-order valence-electron chi connectivity index (χ3n) is 3.34. The average Bonchev–Trinajstić information content (AvgIpc) is 2.84. The molecule has 1 aromatic heterocycles. The van der Waals surface area contributed by atoms with Gasteiger partial charge in [-0.3, -0.25) is 0 Å². The van der Waals surface area contributed by atoms with Gasteiger partial charge in [0.05, 0.1) is 25.3 Å². The van der Waals surface area contributed by atoms with Gasteiger partial charge in [-0.1, -0.05) is 24.6 Å². The van der Waals surface area contributed by atoms with E-state index in [1.165, 1.54) is 0 Å². The van der Waals surface area contributed by atoms with Gasteiger partial charge in [0, 0.05) is 4.88 Å². The first-order valence-corrected chi connectivity index (χ1v) is 8.06. The van der Waals surface area contributed by atoms with Crippen LogP contribution in [0.3, 0.4) is 0 Å². The van der Waals surface area contributed by atoms with Crippen molar-refractivity contribution in [3.63, 3.8) is 0 Å². The van der Waals surface area contributed by atoms with Crippen molar-refractivity contribution in [3.8, 4) is 11.5 Å².